The molecule has 3 aromatic rings. The van der Waals surface area contributed by atoms with Gasteiger partial charge in [0.05, 0.1) is 0 Å². The molecule has 0 atom stereocenters. The van der Waals surface area contributed by atoms with Gasteiger partial charge < -0.3 is 4.90 Å². The van der Waals surface area contributed by atoms with E-state index < -0.39 is 0 Å². The minimum absolute atomic E-state index is 0.124. The maximum Gasteiger partial charge on any atom is 0.278 e. The summed E-state index contributed by atoms with van der Waals surface area (Å²) >= 11 is 5.96. The lowest BCUT2D eigenvalue weighted by molar-refractivity contribution is 0.290. The van der Waals surface area contributed by atoms with E-state index in [0.717, 1.165) is 25.2 Å². The van der Waals surface area contributed by atoms with Crippen LogP contribution in [0.25, 0.3) is 22.4 Å². The first-order valence-corrected chi connectivity index (χ1v) is 8.85. The number of hydrogen-bond donors (Lipinski definition) is 0. The van der Waals surface area contributed by atoms with Crippen molar-refractivity contribution in [3.8, 4) is 11.3 Å². The summed E-state index contributed by atoms with van der Waals surface area (Å²) in [7, 11) is 0. The monoisotopic (exact) mass is 356 g/mol. The van der Waals surface area contributed by atoms with Crippen LogP contribution in [-0.2, 0) is 6.54 Å². The first kappa shape index (κ1) is 17.6. The normalized spacial score (nSPS) is 11.4. The fourth-order valence-electron chi connectivity index (χ4n) is 2.86. The molecule has 3 rings (SSSR count). The zero-order chi connectivity index (χ0) is 17.8. The van der Waals surface area contributed by atoms with E-state index in [0.29, 0.717) is 28.4 Å². The van der Waals surface area contributed by atoms with Crippen LogP contribution in [0.5, 0.6) is 0 Å². The van der Waals surface area contributed by atoms with Crippen LogP contribution in [0.2, 0.25) is 5.02 Å². The van der Waals surface area contributed by atoms with Gasteiger partial charge in [-0.2, -0.15) is 0 Å². The molecule has 2 heterocycles. The van der Waals surface area contributed by atoms with Gasteiger partial charge in [0.2, 0.25) is 0 Å². The Kier molecular flexibility index (Phi) is 5.46. The molecule has 0 fully saturated rings. The number of halogens is 1. The molecular formula is C19H21ClN4O. The Bertz CT molecular complexity index is 917. The predicted molar refractivity (Wildman–Crippen MR) is 102 cm³/mol. The van der Waals surface area contributed by atoms with E-state index >= 15 is 0 Å². The molecule has 0 saturated carbocycles. The van der Waals surface area contributed by atoms with Crippen LogP contribution in [0.3, 0.4) is 0 Å². The zero-order valence-electron chi connectivity index (χ0n) is 14.4. The second kappa shape index (κ2) is 7.76. The van der Waals surface area contributed by atoms with Crippen molar-refractivity contribution in [2.24, 2.45) is 0 Å². The lowest BCUT2D eigenvalue weighted by Gasteiger charge is -2.19. The molecule has 1 aromatic carbocycles. The van der Waals surface area contributed by atoms with E-state index in [1.165, 1.54) is 0 Å². The van der Waals surface area contributed by atoms with Crippen LogP contribution >= 0.6 is 11.6 Å². The summed E-state index contributed by atoms with van der Waals surface area (Å²) < 4.78 is 1.73. The molecule has 25 heavy (non-hydrogen) atoms. The molecule has 0 saturated heterocycles. The maximum absolute atomic E-state index is 13.1. The molecule has 0 unspecified atom stereocenters. The third-order valence-electron chi connectivity index (χ3n) is 4.35. The summed E-state index contributed by atoms with van der Waals surface area (Å²) in [5.74, 6) is 0. The number of fused-ring (bicyclic) bond motifs is 1. The van der Waals surface area contributed by atoms with Gasteiger partial charge in [-0.25, -0.2) is 9.97 Å². The highest BCUT2D eigenvalue weighted by Crippen LogP contribution is 2.19. The molecule has 0 amide bonds. The number of hydrogen-bond acceptors (Lipinski definition) is 4. The fraction of sp³-hybridized carbons (Fsp3) is 0.316. The summed E-state index contributed by atoms with van der Waals surface area (Å²) in [4.78, 5) is 24.3. The first-order valence-electron chi connectivity index (χ1n) is 8.48. The van der Waals surface area contributed by atoms with Crippen molar-refractivity contribution in [3.05, 3.63) is 58.0 Å². The third-order valence-corrected chi connectivity index (χ3v) is 4.61. The molecule has 0 aliphatic heterocycles. The van der Waals surface area contributed by atoms with Crippen molar-refractivity contribution in [3.63, 3.8) is 0 Å². The van der Waals surface area contributed by atoms with Gasteiger partial charge in [0, 0.05) is 29.9 Å². The van der Waals surface area contributed by atoms with Crippen molar-refractivity contribution < 1.29 is 0 Å². The average molecular weight is 357 g/mol. The number of rotatable bonds is 6. The highest BCUT2D eigenvalue weighted by molar-refractivity contribution is 6.30. The molecule has 0 bridgehead atoms. The maximum atomic E-state index is 13.1. The Morgan fingerprint density at radius 1 is 1.12 bits per heavy atom. The minimum atomic E-state index is -0.124. The van der Waals surface area contributed by atoms with Gasteiger partial charge in [0.25, 0.3) is 5.56 Å². The van der Waals surface area contributed by atoms with Crippen LogP contribution in [0.4, 0.5) is 0 Å². The van der Waals surface area contributed by atoms with Crippen LogP contribution in [0.15, 0.2) is 47.4 Å². The smallest absolute Gasteiger partial charge is 0.278 e. The molecule has 0 N–H and O–H groups in total. The number of likely N-dealkylation sites (N-methyl/N-ethyl adjacent to an activating group) is 1. The van der Waals surface area contributed by atoms with Gasteiger partial charge in [-0.1, -0.05) is 37.6 Å². The van der Waals surface area contributed by atoms with E-state index in [4.69, 9.17) is 11.6 Å². The molecule has 0 aliphatic rings. The van der Waals surface area contributed by atoms with E-state index in [1.54, 1.807) is 22.9 Å². The van der Waals surface area contributed by atoms with Crippen LogP contribution in [-0.4, -0.2) is 39.1 Å². The van der Waals surface area contributed by atoms with Gasteiger partial charge in [0.15, 0.2) is 5.65 Å². The molecule has 0 aliphatic carbocycles. The topological polar surface area (TPSA) is 51.0 Å². The molecule has 130 valence electrons. The molecule has 6 heteroatoms. The molecule has 0 spiro atoms. The highest BCUT2D eigenvalue weighted by Gasteiger charge is 2.14. The van der Waals surface area contributed by atoms with Crippen LogP contribution in [0.1, 0.15) is 13.8 Å². The Balaban J connectivity index is 2.11. The Morgan fingerprint density at radius 2 is 1.84 bits per heavy atom. The van der Waals surface area contributed by atoms with Crippen molar-refractivity contribution >= 4 is 22.8 Å². The lowest BCUT2D eigenvalue weighted by atomic mass is 10.1. The number of benzene rings is 1. The Hall–Kier alpha value is -2.24. The summed E-state index contributed by atoms with van der Waals surface area (Å²) in [6, 6.07) is 10.9. The van der Waals surface area contributed by atoms with E-state index in [9.17, 15) is 4.79 Å². The summed E-state index contributed by atoms with van der Waals surface area (Å²) in [6.07, 6.45) is 1.69. The third kappa shape index (κ3) is 3.72. The summed E-state index contributed by atoms with van der Waals surface area (Å²) in [5.41, 5.74) is 2.40. The molecule has 2 aromatic heterocycles. The van der Waals surface area contributed by atoms with Gasteiger partial charge in [0.1, 0.15) is 11.2 Å². The quantitative estimate of drug-likeness (QED) is 0.678. The lowest BCUT2D eigenvalue weighted by Crippen LogP contribution is -2.32. The average Bonchev–Trinajstić information content (AvgIpc) is 2.64. The second-order valence-electron chi connectivity index (χ2n) is 5.80. The van der Waals surface area contributed by atoms with E-state index in [2.05, 4.69) is 28.7 Å². The van der Waals surface area contributed by atoms with Gasteiger partial charge in [-0.3, -0.25) is 9.36 Å². The SMILES string of the molecule is CCN(CC)CCn1c(=O)c(-c2ccc(Cl)cc2)nc2cccnc21. The fourth-order valence-corrected chi connectivity index (χ4v) is 2.99. The Morgan fingerprint density at radius 3 is 2.52 bits per heavy atom. The molecule has 5 nitrogen and oxygen atoms in total. The molecule has 0 radical (unpaired) electrons. The minimum Gasteiger partial charge on any atom is -0.302 e. The Labute approximate surface area is 151 Å². The van der Waals surface area contributed by atoms with Crippen LogP contribution < -0.4 is 5.56 Å². The zero-order valence-corrected chi connectivity index (χ0v) is 15.2. The summed E-state index contributed by atoms with van der Waals surface area (Å²) in [5, 5.41) is 0.632. The standard InChI is InChI=1S/C19H21ClN4O/c1-3-23(4-2)12-13-24-18-16(6-5-11-21-18)22-17(19(24)25)14-7-9-15(20)10-8-14/h5-11H,3-4,12-13H2,1-2H3. The van der Waals surface area contributed by atoms with Gasteiger partial charge >= 0.3 is 0 Å². The largest absolute Gasteiger partial charge is 0.302 e. The summed E-state index contributed by atoms with van der Waals surface area (Å²) in [6.45, 7) is 7.51. The van der Waals surface area contributed by atoms with Gasteiger partial charge in [-0.05, 0) is 37.4 Å². The van der Waals surface area contributed by atoms with Gasteiger partial charge in [-0.15, -0.1) is 0 Å². The van der Waals surface area contributed by atoms with Crippen molar-refractivity contribution in [2.45, 2.75) is 20.4 Å². The van der Waals surface area contributed by atoms with Crippen molar-refractivity contribution in [1.82, 2.24) is 19.4 Å². The second-order valence-corrected chi connectivity index (χ2v) is 6.23. The van der Waals surface area contributed by atoms with Crippen molar-refractivity contribution in [2.75, 3.05) is 19.6 Å². The van der Waals surface area contributed by atoms with E-state index in [-0.39, 0.29) is 5.56 Å². The predicted octanol–water partition coefficient (Wildman–Crippen LogP) is 3.45. The van der Waals surface area contributed by atoms with E-state index in [1.807, 2.05) is 24.3 Å². The van der Waals surface area contributed by atoms with Crippen LogP contribution in [0, 0.1) is 0 Å². The number of aromatic nitrogens is 3. The molecular weight excluding hydrogens is 336 g/mol. The first-order chi connectivity index (χ1) is 12.1. The number of pyridine rings is 1. The highest BCUT2D eigenvalue weighted by atomic mass is 35.5. The number of nitrogens with zero attached hydrogens (tertiary/aromatic N) is 4. The van der Waals surface area contributed by atoms with Crippen molar-refractivity contribution in [1.29, 1.82) is 0 Å².